The molecule has 3 N–H and O–H groups in total. The van der Waals surface area contributed by atoms with Gasteiger partial charge in [0.2, 0.25) is 10.0 Å². The molecule has 3 aromatic rings. The van der Waals surface area contributed by atoms with Gasteiger partial charge in [0, 0.05) is 28.2 Å². The average Bonchev–Trinajstić information content (AvgIpc) is 2.92. The summed E-state index contributed by atoms with van der Waals surface area (Å²) in [7, 11) is -3.76. The number of rotatable bonds is 2. The van der Waals surface area contributed by atoms with Crippen LogP contribution in [0.15, 0.2) is 41.3 Å². The standard InChI is InChI=1S/C19H18N4O2S/c1-12-9-16(10-13(2)21-12)19-18(14(3)22-23-19)8-7-15-5-4-6-17(11-15)26(20,24)25/h4-6,9-11H,1-3H3,(H,22,23)(H2,20,24,25). The molecular weight excluding hydrogens is 348 g/mol. The van der Waals surface area contributed by atoms with E-state index in [1.165, 1.54) is 12.1 Å². The minimum atomic E-state index is -3.76. The number of benzene rings is 1. The van der Waals surface area contributed by atoms with Crippen molar-refractivity contribution in [1.29, 1.82) is 0 Å². The number of hydrogen-bond donors (Lipinski definition) is 2. The highest BCUT2D eigenvalue weighted by atomic mass is 32.2. The molecule has 7 heteroatoms. The fourth-order valence-corrected chi connectivity index (χ4v) is 3.21. The fraction of sp³-hybridized carbons (Fsp3) is 0.158. The van der Waals surface area contributed by atoms with Crippen molar-refractivity contribution in [2.75, 3.05) is 0 Å². The van der Waals surface area contributed by atoms with Crippen molar-refractivity contribution in [3.05, 3.63) is 64.6 Å². The molecule has 1 aromatic carbocycles. The molecule has 0 radical (unpaired) electrons. The number of nitrogens with one attached hydrogen (secondary N) is 1. The largest absolute Gasteiger partial charge is 0.281 e. The van der Waals surface area contributed by atoms with Crippen LogP contribution in [0.2, 0.25) is 0 Å². The van der Waals surface area contributed by atoms with E-state index in [1.807, 2.05) is 32.9 Å². The predicted molar refractivity (Wildman–Crippen MR) is 99.8 cm³/mol. The molecule has 0 atom stereocenters. The van der Waals surface area contributed by atoms with Crippen molar-refractivity contribution in [1.82, 2.24) is 15.2 Å². The fourth-order valence-electron chi connectivity index (χ4n) is 2.65. The minimum absolute atomic E-state index is 0.0359. The minimum Gasteiger partial charge on any atom is -0.281 e. The zero-order valence-electron chi connectivity index (χ0n) is 14.7. The SMILES string of the molecule is Cc1cc(-c2n[nH]c(C)c2C#Cc2cccc(S(N)(=O)=O)c2)cc(C)n1. The number of aromatic nitrogens is 3. The van der Waals surface area contributed by atoms with E-state index < -0.39 is 10.0 Å². The number of H-pyrrole nitrogens is 1. The Kier molecular flexibility index (Phi) is 4.64. The molecule has 0 fully saturated rings. The highest BCUT2D eigenvalue weighted by Gasteiger charge is 2.12. The molecule has 0 amide bonds. The maximum Gasteiger partial charge on any atom is 0.238 e. The van der Waals surface area contributed by atoms with Crippen LogP contribution in [0.1, 0.15) is 28.2 Å². The van der Waals surface area contributed by atoms with Gasteiger partial charge in [0.05, 0.1) is 10.5 Å². The lowest BCUT2D eigenvalue weighted by atomic mass is 10.1. The Labute approximate surface area is 152 Å². The van der Waals surface area contributed by atoms with Crippen molar-refractivity contribution in [3.8, 4) is 23.1 Å². The first-order valence-electron chi connectivity index (χ1n) is 7.89. The molecule has 0 saturated heterocycles. The van der Waals surface area contributed by atoms with Gasteiger partial charge < -0.3 is 0 Å². The topological polar surface area (TPSA) is 102 Å². The van der Waals surface area contributed by atoms with Crippen LogP contribution in [0.5, 0.6) is 0 Å². The highest BCUT2D eigenvalue weighted by Crippen LogP contribution is 2.24. The van der Waals surface area contributed by atoms with Gasteiger partial charge in [-0.3, -0.25) is 10.1 Å². The smallest absolute Gasteiger partial charge is 0.238 e. The molecule has 2 heterocycles. The molecule has 0 saturated carbocycles. The molecule has 0 spiro atoms. The van der Waals surface area contributed by atoms with Crippen LogP contribution in [0, 0.1) is 32.6 Å². The van der Waals surface area contributed by atoms with Gasteiger partial charge in [-0.15, -0.1) is 0 Å². The van der Waals surface area contributed by atoms with Gasteiger partial charge in [-0.05, 0) is 51.1 Å². The molecule has 132 valence electrons. The van der Waals surface area contributed by atoms with Gasteiger partial charge in [0.15, 0.2) is 0 Å². The lowest BCUT2D eigenvalue weighted by molar-refractivity contribution is 0.598. The molecule has 6 nitrogen and oxygen atoms in total. The summed E-state index contributed by atoms with van der Waals surface area (Å²) in [5, 5.41) is 12.5. The Morgan fingerprint density at radius 1 is 1.04 bits per heavy atom. The Hall–Kier alpha value is -2.95. The molecule has 3 rings (SSSR count). The summed E-state index contributed by atoms with van der Waals surface area (Å²) in [5.41, 5.74) is 5.64. The summed E-state index contributed by atoms with van der Waals surface area (Å²) in [5.74, 6) is 6.09. The summed E-state index contributed by atoms with van der Waals surface area (Å²) in [4.78, 5) is 4.42. The van der Waals surface area contributed by atoms with Gasteiger partial charge in [0.25, 0.3) is 0 Å². The van der Waals surface area contributed by atoms with Crippen molar-refractivity contribution in [2.24, 2.45) is 5.14 Å². The van der Waals surface area contributed by atoms with E-state index >= 15 is 0 Å². The van der Waals surface area contributed by atoms with Crippen molar-refractivity contribution in [3.63, 3.8) is 0 Å². The number of nitrogens with two attached hydrogens (primary N) is 1. The first kappa shape index (κ1) is 17.9. The molecule has 0 aliphatic carbocycles. The van der Waals surface area contributed by atoms with Gasteiger partial charge in [-0.1, -0.05) is 17.9 Å². The molecule has 0 bridgehead atoms. The van der Waals surface area contributed by atoms with Crippen LogP contribution in [-0.2, 0) is 10.0 Å². The number of sulfonamides is 1. The van der Waals surface area contributed by atoms with E-state index in [0.717, 1.165) is 33.9 Å². The molecule has 0 unspecified atom stereocenters. The quantitative estimate of drug-likeness (QED) is 0.680. The molecule has 2 aromatic heterocycles. The molecule has 26 heavy (non-hydrogen) atoms. The van der Waals surface area contributed by atoms with E-state index in [4.69, 9.17) is 5.14 Å². The van der Waals surface area contributed by atoms with E-state index in [-0.39, 0.29) is 4.90 Å². The second-order valence-corrected chi connectivity index (χ2v) is 7.60. The third-order valence-corrected chi connectivity index (χ3v) is 4.71. The summed E-state index contributed by atoms with van der Waals surface area (Å²) in [6, 6.07) is 10.2. The number of hydrogen-bond acceptors (Lipinski definition) is 4. The van der Waals surface area contributed by atoms with Gasteiger partial charge in [0.1, 0.15) is 5.69 Å². The summed E-state index contributed by atoms with van der Waals surface area (Å²) in [6.45, 7) is 5.75. The third kappa shape index (κ3) is 3.82. The predicted octanol–water partition coefficient (Wildman–Crippen LogP) is 2.44. The number of nitrogens with zero attached hydrogens (tertiary/aromatic N) is 2. The monoisotopic (exact) mass is 366 g/mol. The maximum atomic E-state index is 11.5. The Morgan fingerprint density at radius 3 is 2.38 bits per heavy atom. The third-order valence-electron chi connectivity index (χ3n) is 3.80. The number of aromatic amines is 1. The normalized spacial score (nSPS) is 11.1. The lowest BCUT2D eigenvalue weighted by Gasteiger charge is -2.02. The number of primary sulfonamides is 1. The van der Waals surface area contributed by atoms with E-state index in [2.05, 4.69) is 27.0 Å². The number of pyridine rings is 1. The van der Waals surface area contributed by atoms with Gasteiger partial charge in [-0.25, -0.2) is 13.6 Å². The second kappa shape index (κ2) is 6.75. The molecule has 0 aliphatic heterocycles. The zero-order chi connectivity index (χ0) is 18.9. The molecular formula is C19H18N4O2S. The number of aryl methyl sites for hydroxylation is 3. The van der Waals surface area contributed by atoms with Crippen LogP contribution in [0.4, 0.5) is 0 Å². The summed E-state index contributed by atoms with van der Waals surface area (Å²) >= 11 is 0. The second-order valence-electron chi connectivity index (χ2n) is 6.03. The van der Waals surface area contributed by atoms with Crippen LogP contribution in [-0.4, -0.2) is 23.6 Å². The van der Waals surface area contributed by atoms with Crippen LogP contribution in [0.25, 0.3) is 11.3 Å². The Balaban J connectivity index is 2.06. The first-order chi connectivity index (χ1) is 12.2. The van der Waals surface area contributed by atoms with Crippen LogP contribution >= 0.6 is 0 Å². The van der Waals surface area contributed by atoms with E-state index in [1.54, 1.807) is 12.1 Å². The van der Waals surface area contributed by atoms with Crippen molar-refractivity contribution < 1.29 is 8.42 Å². The Morgan fingerprint density at radius 2 is 1.73 bits per heavy atom. The maximum absolute atomic E-state index is 11.5. The molecule has 0 aliphatic rings. The average molecular weight is 366 g/mol. The van der Waals surface area contributed by atoms with E-state index in [0.29, 0.717) is 5.56 Å². The summed E-state index contributed by atoms with van der Waals surface area (Å²) < 4.78 is 23.0. The van der Waals surface area contributed by atoms with Gasteiger partial charge >= 0.3 is 0 Å². The zero-order valence-corrected chi connectivity index (χ0v) is 15.5. The van der Waals surface area contributed by atoms with Crippen molar-refractivity contribution >= 4 is 10.0 Å². The lowest BCUT2D eigenvalue weighted by Crippen LogP contribution is -2.11. The summed E-state index contributed by atoms with van der Waals surface area (Å²) in [6.07, 6.45) is 0. The van der Waals surface area contributed by atoms with Crippen molar-refractivity contribution in [2.45, 2.75) is 25.7 Å². The highest BCUT2D eigenvalue weighted by molar-refractivity contribution is 7.89. The van der Waals surface area contributed by atoms with E-state index in [9.17, 15) is 8.42 Å². The first-order valence-corrected chi connectivity index (χ1v) is 9.44. The van der Waals surface area contributed by atoms with Gasteiger partial charge in [-0.2, -0.15) is 5.10 Å². The Bertz CT molecular complexity index is 1130. The van der Waals surface area contributed by atoms with Crippen LogP contribution in [0.3, 0.4) is 0 Å². The van der Waals surface area contributed by atoms with Crippen LogP contribution < -0.4 is 5.14 Å².